The molecule has 88 valence electrons. The molecule has 0 radical (unpaired) electrons. The number of ether oxygens (including phenoxy) is 2. The Balaban J connectivity index is 3.26. The molecule has 1 aromatic rings. The molecule has 4 nitrogen and oxygen atoms in total. The van der Waals surface area contributed by atoms with Crippen LogP contribution in [-0.2, 0) is 4.79 Å². The summed E-state index contributed by atoms with van der Waals surface area (Å²) in [5.74, 6) is -0.0648. The van der Waals surface area contributed by atoms with Crippen molar-refractivity contribution in [3.8, 4) is 11.5 Å². The molecule has 0 aliphatic rings. The molecule has 1 atom stereocenters. The van der Waals surface area contributed by atoms with Crippen LogP contribution in [-0.4, -0.2) is 25.3 Å². The number of rotatable bonds is 4. The first-order valence-corrected chi connectivity index (χ1v) is 5.04. The maximum Gasteiger partial charge on any atom is 0.326 e. The van der Waals surface area contributed by atoms with Gasteiger partial charge < -0.3 is 14.6 Å². The zero-order valence-electron chi connectivity index (χ0n) is 9.28. The fraction of sp³-hybridized carbons (Fsp3) is 0.364. The van der Waals surface area contributed by atoms with Crippen LogP contribution in [0.25, 0.3) is 0 Å². The highest BCUT2D eigenvalue weighted by Gasteiger charge is 2.20. The Labute approximate surface area is 98.7 Å². The van der Waals surface area contributed by atoms with Gasteiger partial charge in [-0.25, -0.2) is 0 Å². The van der Waals surface area contributed by atoms with E-state index in [4.69, 9.17) is 26.2 Å². The van der Waals surface area contributed by atoms with Gasteiger partial charge in [-0.1, -0.05) is 0 Å². The largest absolute Gasteiger partial charge is 0.493 e. The van der Waals surface area contributed by atoms with Gasteiger partial charge in [0.25, 0.3) is 0 Å². The smallest absolute Gasteiger partial charge is 0.326 e. The van der Waals surface area contributed by atoms with Crippen LogP contribution in [0.5, 0.6) is 11.5 Å². The van der Waals surface area contributed by atoms with Crippen LogP contribution in [0.3, 0.4) is 0 Å². The van der Waals surface area contributed by atoms with Crippen LogP contribution in [0.4, 0.5) is 0 Å². The van der Waals surface area contributed by atoms with Crippen molar-refractivity contribution in [1.82, 2.24) is 0 Å². The van der Waals surface area contributed by atoms with Crippen LogP contribution >= 0.6 is 11.6 Å². The number of benzene rings is 1. The van der Waals surface area contributed by atoms with E-state index in [1.165, 1.54) is 14.2 Å². The summed E-state index contributed by atoms with van der Waals surface area (Å²) in [5.41, 5.74) is 1.26. The molecule has 0 fully saturated rings. The van der Waals surface area contributed by atoms with Crippen LogP contribution < -0.4 is 9.47 Å². The Kier molecular flexibility index (Phi) is 4.01. The highest BCUT2D eigenvalue weighted by atomic mass is 35.5. The minimum atomic E-state index is -1.09. The molecule has 0 spiro atoms. The number of carboxylic acid groups (broad SMARTS) is 1. The summed E-state index contributed by atoms with van der Waals surface area (Å²) in [7, 11) is 3.01. The van der Waals surface area contributed by atoms with Gasteiger partial charge in [-0.15, -0.1) is 11.6 Å². The van der Waals surface area contributed by atoms with Crippen LogP contribution in [0.2, 0.25) is 0 Å². The second kappa shape index (κ2) is 5.07. The quantitative estimate of drug-likeness (QED) is 0.827. The highest BCUT2D eigenvalue weighted by Crippen LogP contribution is 2.34. The first-order valence-electron chi connectivity index (χ1n) is 4.60. The second-order valence-corrected chi connectivity index (χ2v) is 3.70. The zero-order chi connectivity index (χ0) is 12.3. The van der Waals surface area contributed by atoms with E-state index in [9.17, 15) is 4.79 Å². The fourth-order valence-electron chi connectivity index (χ4n) is 1.40. The molecule has 0 saturated heterocycles. The lowest BCUT2D eigenvalue weighted by Crippen LogP contribution is -2.07. The second-order valence-electron chi connectivity index (χ2n) is 3.26. The monoisotopic (exact) mass is 244 g/mol. The van der Waals surface area contributed by atoms with Gasteiger partial charge in [0, 0.05) is 0 Å². The Morgan fingerprint density at radius 1 is 1.31 bits per heavy atom. The lowest BCUT2D eigenvalue weighted by molar-refractivity contribution is -0.136. The van der Waals surface area contributed by atoms with E-state index in [0.717, 1.165) is 5.56 Å². The number of hydrogen-bond acceptors (Lipinski definition) is 3. The van der Waals surface area contributed by atoms with Crippen molar-refractivity contribution >= 4 is 17.6 Å². The summed E-state index contributed by atoms with van der Waals surface area (Å²) >= 11 is 5.77. The summed E-state index contributed by atoms with van der Waals surface area (Å²) in [6.45, 7) is 1.77. The Morgan fingerprint density at radius 3 is 2.25 bits per heavy atom. The number of methoxy groups -OCH3 is 2. The molecule has 0 saturated carbocycles. The van der Waals surface area contributed by atoms with Gasteiger partial charge in [-0.3, -0.25) is 4.79 Å². The Morgan fingerprint density at radius 2 is 1.81 bits per heavy atom. The van der Waals surface area contributed by atoms with Crippen molar-refractivity contribution in [2.45, 2.75) is 12.3 Å². The minimum Gasteiger partial charge on any atom is -0.493 e. The number of carbonyl (C=O) groups is 1. The maximum atomic E-state index is 10.8. The summed E-state index contributed by atoms with van der Waals surface area (Å²) in [5, 5.41) is 7.76. The average Bonchev–Trinajstić information content (AvgIpc) is 2.27. The Bertz CT molecular complexity index is 403. The molecule has 16 heavy (non-hydrogen) atoms. The van der Waals surface area contributed by atoms with Gasteiger partial charge in [0.1, 0.15) is 0 Å². The van der Waals surface area contributed by atoms with Crippen LogP contribution in [0, 0.1) is 6.92 Å². The van der Waals surface area contributed by atoms with Crippen LogP contribution in [0.1, 0.15) is 16.5 Å². The van der Waals surface area contributed by atoms with E-state index >= 15 is 0 Å². The first-order chi connectivity index (χ1) is 7.51. The molecular formula is C11H13ClO4. The molecule has 1 rings (SSSR count). The third-order valence-electron chi connectivity index (χ3n) is 2.26. The van der Waals surface area contributed by atoms with Gasteiger partial charge in [0.15, 0.2) is 16.9 Å². The molecule has 1 unspecified atom stereocenters. The summed E-state index contributed by atoms with van der Waals surface area (Å²) in [4.78, 5) is 10.8. The molecule has 0 bridgehead atoms. The lowest BCUT2D eigenvalue weighted by Gasteiger charge is -2.14. The van der Waals surface area contributed by atoms with Gasteiger partial charge in [-0.05, 0) is 30.2 Å². The number of carboxylic acids is 1. The van der Waals surface area contributed by atoms with Crippen molar-refractivity contribution in [3.05, 3.63) is 23.3 Å². The maximum absolute atomic E-state index is 10.8. The highest BCUT2D eigenvalue weighted by molar-refractivity contribution is 6.29. The molecule has 0 amide bonds. The van der Waals surface area contributed by atoms with E-state index < -0.39 is 11.3 Å². The van der Waals surface area contributed by atoms with Crippen molar-refractivity contribution in [2.75, 3.05) is 14.2 Å². The Hall–Kier alpha value is -1.42. The van der Waals surface area contributed by atoms with E-state index in [1.807, 2.05) is 0 Å². The van der Waals surface area contributed by atoms with Gasteiger partial charge in [0.2, 0.25) is 0 Å². The normalized spacial score (nSPS) is 12.0. The molecule has 0 heterocycles. The standard InChI is InChI=1S/C11H13ClO4/c1-6-4-8(15-2)9(16-3)5-7(6)10(12)11(13)14/h4-5,10H,1-3H3,(H,13,14). The van der Waals surface area contributed by atoms with Gasteiger partial charge in [-0.2, -0.15) is 0 Å². The van der Waals surface area contributed by atoms with Crippen LogP contribution in [0.15, 0.2) is 12.1 Å². The van der Waals surface area contributed by atoms with Crippen molar-refractivity contribution in [3.63, 3.8) is 0 Å². The molecule has 0 aromatic heterocycles. The third kappa shape index (κ3) is 2.39. The molecule has 1 N–H and O–H groups in total. The molecular weight excluding hydrogens is 232 g/mol. The minimum absolute atomic E-state index is 0.468. The topological polar surface area (TPSA) is 55.8 Å². The predicted molar refractivity (Wildman–Crippen MR) is 60.5 cm³/mol. The van der Waals surface area contributed by atoms with E-state index in [0.29, 0.717) is 17.1 Å². The summed E-state index contributed by atoms with van der Waals surface area (Å²) in [6, 6.07) is 3.28. The van der Waals surface area contributed by atoms with E-state index in [-0.39, 0.29) is 0 Å². The van der Waals surface area contributed by atoms with E-state index in [2.05, 4.69) is 0 Å². The summed E-state index contributed by atoms with van der Waals surface area (Å²) < 4.78 is 10.2. The number of aryl methyl sites for hydroxylation is 1. The van der Waals surface area contributed by atoms with Crippen molar-refractivity contribution in [2.24, 2.45) is 0 Å². The van der Waals surface area contributed by atoms with Gasteiger partial charge >= 0.3 is 5.97 Å². The molecule has 0 aliphatic carbocycles. The number of hydrogen-bond donors (Lipinski definition) is 1. The summed E-state index contributed by atoms with van der Waals surface area (Å²) in [6.07, 6.45) is 0. The van der Waals surface area contributed by atoms with Gasteiger partial charge in [0.05, 0.1) is 14.2 Å². The fourth-order valence-corrected chi connectivity index (χ4v) is 1.64. The van der Waals surface area contributed by atoms with E-state index in [1.54, 1.807) is 19.1 Å². The van der Waals surface area contributed by atoms with Crippen molar-refractivity contribution in [1.29, 1.82) is 0 Å². The predicted octanol–water partition coefficient (Wildman–Crippen LogP) is 2.38. The average molecular weight is 245 g/mol. The zero-order valence-corrected chi connectivity index (χ0v) is 10.0. The molecule has 5 heteroatoms. The molecule has 1 aromatic carbocycles. The number of alkyl halides is 1. The SMILES string of the molecule is COc1cc(C)c(C(Cl)C(=O)O)cc1OC. The lowest BCUT2D eigenvalue weighted by atomic mass is 10.0. The third-order valence-corrected chi connectivity index (χ3v) is 2.68. The first kappa shape index (κ1) is 12.6. The number of aliphatic carboxylic acids is 1. The van der Waals surface area contributed by atoms with Crippen molar-refractivity contribution < 1.29 is 19.4 Å². The number of halogens is 1. The molecule has 0 aliphatic heterocycles.